The van der Waals surface area contributed by atoms with Crippen LogP contribution in [0.3, 0.4) is 0 Å². The van der Waals surface area contributed by atoms with Gasteiger partial charge in [0.25, 0.3) is 0 Å². The van der Waals surface area contributed by atoms with Gasteiger partial charge in [-0.1, -0.05) is 29.3 Å². The monoisotopic (exact) mass is 364 g/mol. The maximum Gasteiger partial charge on any atom is 0.341 e. The fourth-order valence-corrected chi connectivity index (χ4v) is 5.87. The molecule has 0 bridgehead atoms. The molecule has 2 aliphatic heterocycles. The second-order valence-corrected chi connectivity index (χ2v) is 8.50. The van der Waals surface area contributed by atoms with Crippen LogP contribution >= 0.6 is 11.8 Å². The minimum absolute atomic E-state index is 0.0566. The van der Waals surface area contributed by atoms with Crippen molar-refractivity contribution in [3.8, 4) is 5.75 Å². The predicted molar refractivity (Wildman–Crippen MR) is 105 cm³/mol. The Morgan fingerprint density at radius 2 is 1.88 bits per heavy atom. The van der Waals surface area contributed by atoms with Gasteiger partial charge in [-0.3, -0.25) is 0 Å². The Balaban J connectivity index is 1.73. The second-order valence-electron chi connectivity index (χ2n) is 7.47. The lowest BCUT2D eigenvalue weighted by molar-refractivity contribution is 0.237. The van der Waals surface area contributed by atoms with Gasteiger partial charge in [0.05, 0.1) is 12.2 Å². The van der Waals surface area contributed by atoms with Gasteiger partial charge < -0.3 is 9.15 Å². The van der Waals surface area contributed by atoms with E-state index in [0.717, 1.165) is 27.3 Å². The van der Waals surface area contributed by atoms with Crippen molar-refractivity contribution < 1.29 is 9.15 Å². The highest BCUT2D eigenvalue weighted by Crippen LogP contribution is 2.51. The molecule has 0 unspecified atom stereocenters. The summed E-state index contributed by atoms with van der Waals surface area (Å²) in [4.78, 5) is 13.9. The summed E-state index contributed by atoms with van der Waals surface area (Å²) in [5, 5.41) is 1.05. The molecule has 3 nitrogen and oxygen atoms in total. The van der Waals surface area contributed by atoms with Crippen LogP contribution in [0.15, 0.2) is 44.4 Å². The van der Waals surface area contributed by atoms with Crippen molar-refractivity contribution in [1.29, 1.82) is 0 Å². The van der Waals surface area contributed by atoms with Gasteiger partial charge in [-0.15, -0.1) is 11.8 Å². The van der Waals surface area contributed by atoms with E-state index in [4.69, 9.17) is 9.15 Å². The Morgan fingerprint density at radius 1 is 1.04 bits per heavy atom. The van der Waals surface area contributed by atoms with E-state index >= 15 is 0 Å². The third kappa shape index (κ3) is 2.25. The van der Waals surface area contributed by atoms with Crippen molar-refractivity contribution in [2.24, 2.45) is 0 Å². The SMILES string of the molecule is Cc1cc(C)c2c(c1)[C@H]1CSc3c(c(=O)oc4ccc(C)cc34)[C@H]1CO2. The predicted octanol–water partition coefficient (Wildman–Crippen LogP) is 5.08. The van der Waals surface area contributed by atoms with Crippen LogP contribution in [0, 0.1) is 20.8 Å². The van der Waals surface area contributed by atoms with Gasteiger partial charge in [-0.25, -0.2) is 4.79 Å². The maximum absolute atomic E-state index is 12.8. The van der Waals surface area contributed by atoms with Crippen molar-refractivity contribution in [1.82, 2.24) is 0 Å². The summed E-state index contributed by atoms with van der Waals surface area (Å²) in [6.45, 7) is 6.82. The van der Waals surface area contributed by atoms with Gasteiger partial charge in [0.2, 0.25) is 0 Å². The van der Waals surface area contributed by atoms with E-state index in [1.165, 1.54) is 22.3 Å². The average Bonchev–Trinajstić information content (AvgIpc) is 2.61. The summed E-state index contributed by atoms with van der Waals surface area (Å²) >= 11 is 1.79. The zero-order valence-electron chi connectivity index (χ0n) is 15.1. The molecule has 4 heteroatoms. The zero-order chi connectivity index (χ0) is 18.0. The molecule has 2 aliphatic rings. The molecular formula is C22H20O3S. The first-order chi connectivity index (χ1) is 12.5. The number of thioether (sulfide) groups is 1. The van der Waals surface area contributed by atoms with Crippen molar-refractivity contribution in [2.45, 2.75) is 37.5 Å². The van der Waals surface area contributed by atoms with Crippen LogP contribution in [0.2, 0.25) is 0 Å². The number of fused-ring (bicyclic) bond motifs is 7. The molecule has 1 aromatic heterocycles. The molecule has 5 rings (SSSR count). The topological polar surface area (TPSA) is 39.4 Å². The van der Waals surface area contributed by atoms with E-state index in [2.05, 4.69) is 39.0 Å². The number of hydrogen-bond acceptors (Lipinski definition) is 4. The fraction of sp³-hybridized carbons (Fsp3) is 0.318. The van der Waals surface area contributed by atoms with Crippen LogP contribution in [0.5, 0.6) is 5.75 Å². The molecule has 0 aliphatic carbocycles. The summed E-state index contributed by atoms with van der Waals surface area (Å²) in [6.07, 6.45) is 0. The Kier molecular flexibility index (Phi) is 3.48. The first kappa shape index (κ1) is 16.0. The number of benzene rings is 2. The average molecular weight is 364 g/mol. The Hall–Kier alpha value is -2.20. The molecule has 0 N–H and O–H groups in total. The van der Waals surface area contributed by atoms with E-state index in [0.29, 0.717) is 18.1 Å². The van der Waals surface area contributed by atoms with Gasteiger partial charge in [-0.05, 0) is 44.0 Å². The Labute approximate surface area is 156 Å². The number of rotatable bonds is 0. The van der Waals surface area contributed by atoms with Gasteiger partial charge >= 0.3 is 5.63 Å². The van der Waals surface area contributed by atoms with Crippen LogP contribution in [-0.2, 0) is 0 Å². The molecule has 2 atom stereocenters. The molecule has 3 heterocycles. The lowest BCUT2D eigenvalue weighted by Crippen LogP contribution is -2.33. The molecule has 0 saturated heterocycles. The van der Waals surface area contributed by atoms with Crippen molar-refractivity contribution >= 4 is 22.7 Å². The molecular weight excluding hydrogens is 344 g/mol. The summed E-state index contributed by atoms with van der Waals surface area (Å²) in [6, 6.07) is 10.4. The van der Waals surface area contributed by atoms with Gasteiger partial charge in [-0.2, -0.15) is 0 Å². The zero-order valence-corrected chi connectivity index (χ0v) is 15.9. The van der Waals surface area contributed by atoms with E-state index in [9.17, 15) is 4.79 Å². The van der Waals surface area contributed by atoms with Crippen molar-refractivity contribution in [2.75, 3.05) is 12.4 Å². The van der Waals surface area contributed by atoms with Crippen LogP contribution < -0.4 is 10.4 Å². The van der Waals surface area contributed by atoms with Crippen LogP contribution in [0.4, 0.5) is 0 Å². The van der Waals surface area contributed by atoms with Crippen molar-refractivity contribution in [3.63, 3.8) is 0 Å². The molecule has 0 amide bonds. The number of hydrogen-bond donors (Lipinski definition) is 0. The van der Waals surface area contributed by atoms with E-state index in [1.807, 2.05) is 12.1 Å². The molecule has 26 heavy (non-hydrogen) atoms. The smallest absolute Gasteiger partial charge is 0.341 e. The third-order valence-corrected chi connectivity index (χ3v) is 6.82. The standard InChI is InChI=1S/C22H20O3S/c1-11-4-5-18-15(7-11)21-19(22(23)25-18)16-9-24-20-13(3)6-12(2)8-14(20)17(16)10-26-21/h4-8,16-17H,9-10H2,1-3H3/t16-,17+/m0/s1. The van der Waals surface area contributed by atoms with E-state index < -0.39 is 0 Å². The minimum Gasteiger partial charge on any atom is -0.492 e. The molecule has 0 fully saturated rings. The van der Waals surface area contributed by atoms with Crippen LogP contribution in [0.25, 0.3) is 11.0 Å². The summed E-state index contributed by atoms with van der Waals surface area (Å²) < 4.78 is 11.8. The minimum atomic E-state index is -0.213. The highest BCUT2D eigenvalue weighted by Gasteiger charge is 2.40. The first-order valence-electron chi connectivity index (χ1n) is 8.97. The Bertz CT molecular complexity index is 1110. The second kappa shape index (κ2) is 5.65. The summed E-state index contributed by atoms with van der Waals surface area (Å²) in [7, 11) is 0. The molecule has 0 radical (unpaired) electrons. The van der Waals surface area contributed by atoms with Crippen LogP contribution in [0.1, 0.15) is 39.7 Å². The molecule has 0 saturated carbocycles. The molecule has 132 valence electrons. The van der Waals surface area contributed by atoms with Gasteiger partial charge in [0.15, 0.2) is 0 Å². The molecule has 3 aromatic rings. The number of aryl methyl sites for hydroxylation is 3. The van der Waals surface area contributed by atoms with E-state index in [-0.39, 0.29) is 11.5 Å². The van der Waals surface area contributed by atoms with Gasteiger partial charge in [0, 0.05) is 27.9 Å². The summed E-state index contributed by atoms with van der Waals surface area (Å²) in [5.74, 6) is 2.31. The number of ether oxygens (including phenoxy) is 1. The summed E-state index contributed by atoms with van der Waals surface area (Å²) in [5.41, 5.74) is 6.09. The fourth-order valence-electron chi connectivity index (χ4n) is 4.41. The first-order valence-corrected chi connectivity index (χ1v) is 9.95. The highest BCUT2D eigenvalue weighted by molar-refractivity contribution is 7.99. The quantitative estimate of drug-likeness (QED) is 0.521. The maximum atomic E-state index is 12.8. The molecule has 2 aromatic carbocycles. The molecule has 0 spiro atoms. The third-order valence-electron chi connectivity index (χ3n) is 5.57. The largest absolute Gasteiger partial charge is 0.492 e. The normalized spacial score (nSPS) is 20.9. The highest BCUT2D eigenvalue weighted by atomic mass is 32.2. The van der Waals surface area contributed by atoms with Gasteiger partial charge in [0.1, 0.15) is 11.3 Å². The Morgan fingerprint density at radius 3 is 2.73 bits per heavy atom. The van der Waals surface area contributed by atoms with E-state index in [1.54, 1.807) is 11.8 Å². The van der Waals surface area contributed by atoms with Crippen LogP contribution in [-0.4, -0.2) is 12.4 Å². The van der Waals surface area contributed by atoms with Crippen molar-refractivity contribution in [3.05, 3.63) is 68.6 Å². The lowest BCUT2D eigenvalue weighted by atomic mass is 9.79. The lowest BCUT2D eigenvalue weighted by Gasteiger charge is -2.38.